The minimum Gasteiger partial charge on any atom is -0.368 e. The van der Waals surface area contributed by atoms with Gasteiger partial charge < -0.3 is 10.6 Å². The molecule has 166 valence electrons. The molecule has 1 aliphatic heterocycles. The van der Waals surface area contributed by atoms with E-state index in [4.69, 9.17) is 17.3 Å². The first-order valence-electron chi connectivity index (χ1n) is 10.6. The molecule has 1 saturated heterocycles. The van der Waals surface area contributed by atoms with Gasteiger partial charge in [0, 0.05) is 48.3 Å². The topological polar surface area (TPSA) is 103 Å². The first-order valence-corrected chi connectivity index (χ1v) is 11.0. The van der Waals surface area contributed by atoms with Crippen molar-refractivity contribution in [1.82, 2.24) is 29.6 Å². The van der Waals surface area contributed by atoms with E-state index in [1.54, 1.807) is 23.3 Å². The first-order chi connectivity index (χ1) is 16.0. The number of carbonyl (C=O) groups excluding carboxylic acids is 1. The number of rotatable bonds is 4. The summed E-state index contributed by atoms with van der Waals surface area (Å²) in [5.41, 5.74) is 10.7. The summed E-state index contributed by atoms with van der Waals surface area (Å²) >= 11 is 6.06. The molecule has 0 saturated carbocycles. The van der Waals surface area contributed by atoms with E-state index in [9.17, 15) is 4.79 Å². The third-order valence-electron chi connectivity index (χ3n) is 5.83. The minimum absolute atomic E-state index is 0.0815. The number of aromatic nitrogens is 5. The molecule has 4 aromatic rings. The smallest absolute Gasteiger partial charge is 0.255 e. The summed E-state index contributed by atoms with van der Waals surface area (Å²) in [6.07, 6.45) is 8.64. The van der Waals surface area contributed by atoms with Crippen molar-refractivity contribution in [2.24, 2.45) is 7.05 Å². The van der Waals surface area contributed by atoms with Crippen LogP contribution >= 0.6 is 11.6 Å². The van der Waals surface area contributed by atoms with Crippen molar-refractivity contribution < 1.29 is 4.79 Å². The predicted octanol–water partition coefficient (Wildman–Crippen LogP) is 4.15. The number of amides is 1. The molecule has 33 heavy (non-hydrogen) atoms. The fourth-order valence-electron chi connectivity index (χ4n) is 4.22. The van der Waals surface area contributed by atoms with Crippen molar-refractivity contribution in [2.75, 3.05) is 12.3 Å². The number of nitrogens with zero attached hydrogens (tertiary/aromatic N) is 6. The molecule has 0 aliphatic carbocycles. The molecule has 0 unspecified atom stereocenters. The van der Waals surface area contributed by atoms with Crippen LogP contribution in [0.4, 0.5) is 5.95 Å². The maximum Gasteiger partial charge on any atom is 0.255 e. The zero-order chi connectivity index (χ0) is 22.9. The van der Waals surface area contributed by atoms with Crippen LogP contribution in [0.25, 0.3) is 22.4 Å². The van der Waals surface area contributed by atoms with Gasteiger partial charge in [0.15, 0.2) is 0 Å². The minimum atomic E-state index is -0.202. The number of aryl methyl sites for hydroxylation is 1. The highest BCUT2D eigenvalue weighted by Crippen LogP contribution is 2.37. The van der Waals surface area contributed by atoms with Crippen molar-refractivity contribution in [3.05, 3.63) is 77.5 Å². The van der Waals surface area contributed by atoms with Crippen LogP contribution in [0.1, 0.15) is 34.9 Å². The van der Waals surface area contributed by atoms with Crippen LogP contribution in [0.3, 0.4) is 0 Å². The molecular weight excluding hydrogens is 438 g/mol. The number of benzene rings is 1. The fourth-order valence-corrected chi connectivity index (χ4v) is 4.35. The molecule has 4 heterocycles. The second-order valence-electron chi connectivity index (χ2n) is 8.03. The molecule has 8 nitrogen and oxygen atoms in total. The van der Waals surface area contributed by atoms with Crippen LogP contribution in [0.2, 0.25) is 5.02 Å². The van der Waals surface area contributed by atoms with Gasteiger partial charge in [0.05, 0.1) is 29.2 Å². The molecule has 0 bridgehead atoms. The van der Waals surface area contributed by atoms with Crippen molar-refractivity contribution in [1.29, 1.82) is 0 Å². The molecule has 1 aromatic carbocycles. The molecule has 1 amide bonds. The lowest BCUT2D eigenvalue weighted by Crippen LogP contribution is -2.31. The van der Waals surface area contributed by atoms with E-state index in [0.29, 0.717) is 17.1 Å². The van der Waals surface area contributed by atoms with Crippen LogP contribution in [-0.2, 0) is 7.05 Å². The van der Waals surface area contributed by atoms with Gasteiger partial charge in [-0.15, -0.1) is 0 Å². The highest BCUT2D eigenvalue weighted by atomic mass is 35.5. The molecule has 9 heteroatoms. The van der Waals surface area contributed by atoms with Crippen molar-refractivity contribution >= 4 is 23.5 Å². The molecule has 5 rings (SSSR count). The third-order valence-corrected chi connectivity index (χ3v) is 6.08. The Balaban J connectivity index is 1.45. The number of hydrogen-bond acceptors (Lipinski definition) is 6. The van der Waals surface area contributed by atoms with Gasteiger partial charge in [0.2, 0.25) is 5.95 Å². The number of carbonyl (C=O) groups is 1. The second kappa shape index (κ2) is 8.63. The van der Waals surface area contributed by atoms with E-state index in [2.05, 4.69) is 20.1 Å². The third kappa shape index (κ3) is 4.17. The average molecular weight is 460 g/mol. The van der Waals surface area contributed by atoms with Gasteiger partial charge in [-0.3, -0.25) is 14.5 Å². The Kier molecular flexibility index (Phi) is 5.51. The standard InChI is InChI=1S/C24H22ClN7O/c1-31-14-17(12-29-31)20-9-6-16(11-27-20)23(33)32-10-2-3-21(32)22-19(13-28-24(26)30-22)15-4-7-18(25)8-5-15/h4-9,11-14,21H,2-3,10H2,1H3,(H2,26,28,30)/t21-/m0/s1. The lowest BCUT2D eigenvalue weighted by Gasteiger charge is -2.26. The lowest BCUT2D eigenvalue weighted by atomic mass is 9.99. The molecule has 1 fully saturated rings. The highest BCUT2D eigenvalue weighted by molar-refractivity contribution is 6.30. The van der Waals surface area contributed by atoms with Crippen LogP contribution in [0.5, 0.6) is 0 Å². The van der Waals surface area contributed by atoms with Gasteiger partial charge >= 0.3 is 0 Å². The summed E-state index contributed by atoms with van der Waals surface area (Å²) in [5.74, 6) is 0.103. The largest absolute Gasteiger partial charge is 0.368 e. The zero-order valence-electron chi connectivity index (χ0n) is 18.0. The van der Waals surface area contributed by atoms with E-state index >= 15 is 0 Å². The number of hydrogen-bond donors (Lipinski definition) is 1. The average Bonchev–Trinajstić information content (AvgIpc) is 3.49. The van der Waals surface area contributed by atoms with Crippen LogP contribution in [-0.4, -0.2) is 42.1 Å². The summed E-state index contributed by atoms with van der Waals surface area (Å²) in [6.45, 7) is 0.637. The maximum atomic E-state index is 13.4. The number of halogens is 1. The van der Waals surface area contributed by atoms with Crippen LogP contribution in [0.15, 0.2) is 61.2 Å². The van der Waals surface area contributed by atoms with Gasteiger partial charge in [-0.25, -0.2) is 9.97 Å². The van der Waals surface area contributed by atoms with E-state index in [1.807, 2.05) is 54.5 Å². The quantitative estimate of drug-likeness (QED) is 0.491. The van der Waals surface area contributed by atoms with E-state index < -0.39 is 0 Å². The van der Waals surface area contributed by atoms with Crippen LogP contribution < -0.4 is 5.73 Å². The highest BCUT2D eigenvalue weighted by Gasteiger charge is 2.33. The Labute approximate surface area is 196 Å². The Bertz CT molecular complexity index is 1300. The molecular formula is C24H22ClN7O. The van der Waals surface area contributed by atoms with E-state index in [0.717, 1.165) is 40.9 Å². The fraction of sp³-hybridized carbons (Fsp3) is 0.208. The number of nitrogens with two attached hydrogens (primary N) is 1. The number of anilines is 1. The summed E-state index contributed by atoms with van der Waals surface area (Å²) in [6, 6.07) is 10.9. The molecule has 2 N–H and O–H groups in total. The molecule has 0 spiro atoms. The Morgan fingerprint density at radius 2 is 1.88 bits per heavy atom. The SMILES string of the molecule is Cn1cc(-c2ccc(C(=O)N3CCC[C@H]3c3nc(N)ncc3-c3ccc(Cl)cc3)cn2)cn1. The summed E-state index contributed by atoms with van der Waals surface area (Å²) in [5, 5.41) is 4.82. The van der Waals surface area contributed by atoms with Gasteiger partial charge in [-0.05, 0) is 42.7 Å². The number of nitrogen functional groups attached to an aromatic ring is 1. The van der Waals surface area contributed by atoms with Gasteiger partial charge in [0.25, 0.3) is 5.91 Å². The molecule has 3 aromatic heterocycles. The van der Waals surface area contributed by atoms with E-state index in [-0.39, 0.29) is 17.9 Å². The number of likely N-dealkylation sites (tertiary alicyclic amines) is 1. The molecule has 1 aliphatic rings. The van der Waals surface area contributed by atoms with Crippen molar-refractivity contribution in [3.63, 3.8) is 0 Å². The molecule has 0 radical (unpaired) electrons. The van der Waals surface area contributed by atoms with Crippen LogP contribution in [0, 0.1) is 0 Å². The van der Waals surface area contributed by atoms with Crippen molar-refractivity contribution in [3.8, 4) is 22.4 Å². The van der Waals surface area contributed by atoms with Gasteiger partial charge in [0.1, 0.15) is 0 Å². The van der Waals surface area contributed by atoms with Gasteiger partial charge in [-0.1, -0.05) is 23.7 Å². The van der Waals surface area contributed by atoms with Crippen molar-refractivity contribution in [2.45, 2.75) is 18.9 Å². The van der Waals surface area contributed by atoms with Gasteiger partial charge in [-0.2, -0.15) is 5.10 Å². The monoisotopic (exact) mass is 459 g/mol. The van der Waals surface area contributed by atoms with E-state index in [1.165, 1.54) is 0 Å². The summed E-state index contributed by atoms with van der Waals surface area (Å²) in [7, 11) is 1.85. The number of pyridine rings is 1. The molecule has 1 atom stereocenters. The predicted molar refractivity (Wildman–Crippen MR) is 126 cm³/mol. The Hall–Kier alpha value is -3.78. The maximum absolute atomic E-state index is 13.4. The second-order valence-corrected chi connectivity index (χ2v) is 8.46. The first kappa shape index (κ1) is 21.1. The summed E-state index contributed by atoms with van der Waals surface area (Å²) in [4.78, 5) is 28.5. The Morgan fingerprint density at radius 3 is 2.58 bits per heavy atom. The normalized spacial score (nSPS) is 15.7. The zero-order valence-corrected chi connectivity index (χ0v) is 18.8. The Morgan fingerprint density at radius 1 is 1.06 bits per heavy atom. The summed E-state index contributed by atoms with van der Waals surface area (Å²) < 4.78 is 1.72. The lowest BCUT2D eigenvalue weighted by molar-refractivity contribution is 0.0733.